The molecule has 2 N–H and O–H groups in total. The minimum Gasteiger partial charge on any atom is -0.308 e. The number of aryl methyl sites for hydroxylation is 1. The monoisotopic (exact) mass is 376 g/mol. The lowest BCUT2D eigenvalue weighted by Gasteiger charge is -2.10. The fourth-order valence-electron chi connectivity index (χ4n) is 2.80. The first kappa shape index (κ1) is 17.1. The number of halogens is 1. The van der Waals surface area contributed by atoms with Gasteiger partial charge >= 0.3 is 6.03 Å². The van der Waals surface area contributed by atoms with Crippen LogP contribution in [-0.4, -0.2) is 15.4 Å². The number of anilines is 2. The van der Waals surface area contributed by atoms with Crippen LogP contribution in [0.4, 0.5) is 16.2 Å². The first-order valence-corrected chi connectivity index (χ1v) is 8.85. The van der Waals surface area contributed by atoms with Gasteiger partial charge < -0.3 is 15.0 Å². The second-order valence-electron chi connectivity index (χ2n) is 6.23. The van der Waals surface area contributed by atoms with E-state index in [1.807, 2.05) is 72.2 Å². The number of nitrogens with one attached hydrogen (secondary N) is 2. The lowest BCUT2D eigenvalue weighted by Crippen LogP contribution is -2.19. The Morgan fingerprint density at radius 3 is 2.59 bits per heavy atom. The molecular formula is C21H17ClN4O. The Balaban J connectivity index is 1.46. The molecule has 4 rings (SSSR count). The average Bonchev–Trinajstić information content (AvgIpc) is 3.09. The molecule has 0 fully saturated rings. The van der Waals surface area contributed by atoms with Crippen LogP contribution in [0.2, 0.25) is 5.02 Å². The van der Waals surface area contributed by atoms with Gasteiger partial charge in [-0.2, -0.15) is 0 Å². The molecule has 0 radical (unpaired) electrons. The van der Waals surface area contributed by atoms with E-state index in [0.29, 0.717) is 16.4 Å². The van der Waals surface area contributed by atoms with Crippen molar-refractivity contribution in [2.75, 3.05) is 10.6 Å². The number of carbonyl (C=O) groups is 1. The third-order valence-electron chi connectivity index (χ3n) is 4.18. The van der Waals surface area contributed by atoms with E-state index in [1.165, 1.54) is 0 Å². The van der Waals surface area contributed by atoms with Crippen LogP contribution in [0, 0.1) is 6.92 Å². The van der Waals surface area contributed by atoms with Crippen molar-refractivity contribution < 1.29 is 4.79 Å². The number of imidazole rings is 1. The standard InChI is InChI=1S/C21H17ClN4O/c1-14-5-10-18(17(22)12-14)25-21(27)23-16-8-6-15(7-9-16)19-13-26-11-3-2-4-20(26)24-19/h2-13H,1H3,(H2,23,25,27). The third kappa shape index (κ3) is 3.78. The number of hydrogen-bond acceptors (Lipinski definition) is 2. The number of hydrogen-bond donors (Lipinski definition) is 2. The molecule has 4 aromatic rings. The van der Waals surface area contributed by atoms with Crippen LogP contribution in [0.3, 0.4) is 0 Å². The van der Waals surface area contributed by atoms with Crippen molar-refractivity contribution >= 4 is 34.7 Å². The van der Waals surface area contributed by atoms with Crippen molar-refractivity contribution in [2.45, 2.75) is 6.92 Å². The molecule has 2 aromatic carbocycles. The highest BCUT2D eigenvalue weighted by atomic mass is 35.5. The zero-order valence-corrected chi connectivity index (χ0v) is 15.4. The van der Waals surface area contributed by atoms with E-state index >= 15 is 0 Å². The van der Waals surface area contributed by atoms with Crippen molar-refractivity contribution in [2.24, 2.45) is 0 Å². The van der Waals surface area contributed by atoms with Crippen LogP contribution in [-0.2, 0) is 0 Å². The molecule has 2 amide bonds. The molecule has 0 atom stereocenters. The quantitative estimate of drug-likeness (QED) is 0.488. The Kier molecular flexibility index (Phi) is 4.52. The highest BCUT2D eigenvalue weighted by Crippen LogP contribution is 2.24. The summed E-state index contributed by atoms with van der Waals surface area (Å²) in [7, 11) is 0. The third-order valence-corrected chi connectivity index (χ3v) is 4.49. The summed E-state index contributed by atoms with van der Waals surface area (Å²) in [6.07, 6.45) is 3.94. The zero-order valence-electron chi connectivity index (χ0n) is 14.6. The van der Waals surface area contributed by atoms with Gasteiger partial charge in [-0.05, 0) is 48.9 Å². The maximum Gasteiger partial charge on any atom is 0.323 e. The Morgan fingerprint density at radius 2 is 1.85 bits per heavy atom. The predicted octanol–water partition coefficient (Wildman–Crippen LogP) is 5.61. The summed E-state index contributed by atoms with van der Waals surface area (Å²) in [6, 6.07) is 18.6. The fourth-order valence-corrected chi connectivity index (χ4v) is 3.09. The molecule has 0 unspecified atom stereocenters. The van der Waals surface area contributed by atoms with Crippen molar-refractivity contribution in [3.63, 3.8) is 0 Å². The van der Waals surface area contributed by atoms with Gasteiger partial charge in [0.1, 0.15) is 5.65 Å². The maximum atomic E-state index is 12.2. The van der Waals surface area contributed by atoms with Gasteiger partial charge in [-0.3, -0.25) is 0 Å². The normalized spacial score (nSPS) is 10.7. The molecule has 0 saturated heterocycles. The fraction of sp³-hybridized carbons (Fsp3) is 0.0476. The summed E-state index contributed by atoms with van der Waals surface area (Å²) in [5.74, 6) is 0. The van der Waals surface area contributed by atoms with Gasteiger partial charge in [0.2, 0.25) is 0 Å². The Morgan fingerprint density at radius 1 is 1.04 bits per heavy atom. The number of amides is 2. The van der Waals surface area contributed by atoms with Gasteiger partial charge in [-0.15, -0.1) is 0 Å². The van der Waals surface area contributed by atoms with Crippen LogP contribution in [0.5, 0.6) is 0 Å². The summed E-state index contributed by atoms with van der Waals surface area (Å²) in [6.45, 7) is 1.94. The molecular weight excluding hydrogens is 360 g/mol. The highest BCUT2D eigenvalue weighted by molar-refractivity contribution is 6.33. The molecule has 0 bridgehead atoms. The number of aromatic nitrogens is 2. The molecule has 0 aliphatic rings. The largest absolute Gasteiger partial charge is 0.323 e. The molecule has 6 heteroatoms. The van der Waals surface area contributed by atoms with E-state index in [2.05, 4.69) is 15.6 Å². The molecule has 0 saturated carbocycles. The number of nitrogens with zero attached hydrogens (tertiary/aromatic N) is 2. The zero-order chi connectivity index (χ0) is 18.8. The van der Waals surface area contributed by atoms with E-state index in [0.717, 1.165) is 22.5 Å². The van der Waals surface area contributed by atoms with Crippen LogP contribution in [0.1, 0.15) is 5.56 Å². The molecule has 0 aliphatic carbocycles. The van der Waals surface area contributed by atoms with Gasteiger partial charge in [0.25, 0.3) is 0 Å². The van der Waals surface area contributed by atoms with Crippen molar-refractivity contribution in [3.8, 4) is 11.3 Å². The molecule has 134 valence electrons. The Labute approximate surface area is 161 Å². The Hall–Kier alpha value is -3.31. The number of urea groups is 1. The average molecular weight is 377 g/mol. The molecule has 0 aliphatic heterocycles. The van der Waals surface area contributed by atoms with Gasteiger partial charge in [-0.1, -0.05) is 35.9 Å². The number of carbonyl (C=O) groups excluding carboxylic acids is 1. The molecule has 27 heavy (non-hydrogen) atoms. The first-order chi connectivity index (χ1) is 13.1. The topological polar surface area (TPSA) is 58.4 Å². The van der Waals surface area contributed by atoms with E-state index in [9.17, 15) is 4.79 Å². The summed E-state index contributed by atoms with van der Waals surface area (Å²) in [5.41, 5.74) is 5.04. The minimum absolute atomic E-state index is 0.346. The highest BCUT2D eigenvalue weighted by Gasteiger charge is 2.08. The summed E-state index contributed by atoms with van der Waals surface area (Å²) < 4.78 is 1.97. The van der Waals surface area contributed by atoms with Gasteiger partial charge in [0.05, 0.1) is 16.4 Å². The second kappa shape index (κ2) is 7.13. The van der Waals surface area contributed by atoms with Crippen molar-refractivity contribution in [3.05, 3.63) is 83.6 Å². The number of pyridine rings is 1. The minimum atomic E-state index is -0.346. The van der Waals surface area contributed by atoms with Crippen LogP contribution in [0.15, 0.2) is 73.1 Å². The maximum absolute atomic E-state index is 12.2. The summed E-state index contributed by atoms with van der Waals surface area (Å²) >= 11 is 6.15. The van der Waals surface area contributed by atoms with Gasteiger partial charge in [-0.25, -0.2) is 9.78 Å². The second-order valence-corrected chi connectivity index (χ2v) is 6.64. The van der Waals surface area contributed by atoms with Crippen LogP contribution >= 0.6 is 11.6 Å². The van der Waals surface area contributed by atoms with Crippen LogP contribution < -0.4 is 10.6 Å². The molecule has 5 nitrogen and oxygen atoms in total. The number of benzene rings is 2. The van der Waals surface area contributed by atoms with Crippen molar-refractivity contribution in [1.29, 1.82) is 0 Å². The number of rotatable bonds is 3. The van der Waals surface area contributed by atoms with E-state index in [4.69, 9.17) is 11.6 Å². The molecule has 0 spiro atoms. The van der Waals surface area contributed by atoms with E-state index in [-0.39, 0.29) is 6.03 Å². The summed E-state index contributed by atoms with van der Waals surface area (Å²) in [5, 5.41) is 6.06. The number of fused-ring (bicyclic) bond motifs is 1. The molecule has 2 heterocycles. The lowest BCUT2D eigenvalue weighted by atomic mass is 10.1. The summed E-state index contributed by atoms with van der Waals surface area (Å²) in [4.78, 5) is 16.8. The first-order valence-electron chi connectivity index (χ1n) is 8.47. The Bertz CT molecular complexity index is 1090. The predicted molar refractivity (Wildman–Crippen MR) is 109 cm³/mol. The van der Waals surface area contributed by atoms with Gasteiger partial charge in [0.15, 0.2) is 0 Å². The van der Waals surface area contributed by atoms with E-state index in [1.54, 1.807) is 12.1 Å². The van der Waals surface area contributed by atoms with Crippen LogP contribution in [0.25, 0.3) is 16.9 Å². The smallest absolute Gasteiger partial charge is 0.308 e. The lowest BCUT2D eigenvalue weighted by molar-refractivity contribution is 0.262. The SMILES string of the molecule is Cc1ccc(NC(=O)Nc2ccc(-c3cn4ccccc4n3)cc2)c(Cl)c1. The van der Waals surface area contributed by atoms with Crippen molar-refractivity contribution in [1.82, 2.24) is 9.38 Å². The molecule has 2 aromatic heterocycles. The van der Waals surface area contributed by atoms with E-state index < -0.39 is 0 Å². The van der Waals surface area contributed by atoms with Gasteiger partial charge in [0, 0.05) is 23.6 Å².